The SMILES string of the molecule is C[C@@H](CSc1nc2ccccc2[nH]1)Sc1nc2ccccc2[nH]1. The summed E-state index contributed by atoms with van der Waals surface area (Å²) >= 11 is 3.52. The van der Waals surface area contributed by atoms with Crippen LogP contribution in [0.1, 0.15) is 6.92 Å². The molecule has 2 heterocycles. The highest BCUT2D eigenvalue weighted by atomic mass is 32.2. The maximum Gasteiger partial charge on any atom is 0.166 e. The normalized spacial score (nSPS) is 12.9. The Labute approximate surface area is 142 Å². The standard InChI is InChI=1S/C17H16N4S2/c1-11(23-17-20-14-8-4-5-9-15(14)21-17)10-22-16-18-12-6-2-3-7-13(12)19-16/h2-9,11H,10H2,1H3,(H,18,19)(H,20,21)/t11-/m0/s1. The van der Waals surface area contributed by atoms with Gasteiger partial charge in [0.2, 0.25) is 0 Å². The van der Waals surface area contributed by atoms with Crippen molar-refractivity contribution in [2.24, 2.45) is 0 Å². The molecule has 2 N–H and O–H groups in total. The second-order valence-corrected chi connectivity index (χ2v) is 7.79. The van der Waals surface area contributed by atoms with Crippen LogP contribution < -0.4 is 0 Å². The molecule has 6 heteroatoms. The topological polar surface area (TPSA) is 57.4 Å². The molecule has 23 heavy (non-hydrogen) atoms. The molecule has 4 aromatic rings. The quantitative estimate of drug-likeness (QED) is 0.517. The molecule has 2 aromatic heterocycles. The Kier molecular flexibility index (Phi) is 4.01. The van der Waals surface area contributed by atoms with Crippen molar-refractivity contribution in [3.05, 3.63) is 48.5 Å². The summed E-state index contributed by atoms with van der Waals surface area (Å²) in [6, 6.07) is 16.2. The minimum absolute atomic E-state index is 0.439. The van der Waals surface area contributed by atoms with Crippen molar-refractivity contribution in [3.8, 4) is 0 Å². The predicted octanol–water partition coefficient (Wildman–Crippen LogP) is 4.71. The lowest BCUT2D eigenvalue weighted by molar-refractivity contribution is 1.03. The zero-order valence-electron chi connectivity index (χ0n) is 12.6. The Balaban J connectivity index is 1.40. The predicted molar refractivity (Wildman–Crippen MR) is 98.2 cm³/mol. The van der Waals surface area contributed by atoms with Gasteiger partial charge in [-0.25, -0.2) is 9.97 Å². The number of thioether (sulfide) groups is 2. The number of aromatic nitrogens is 4. The van der Waals surface area contributed by atoms with E-state index in [2.05, 4.69) is 39.0 Å². The number of benzene rings is 2. The van der Waals surface area contributed by atoms with Crippen molar-refractivity contribution in [1.82, 2.24) is 19.9 Å². The van der Waals surface area contributed by atoms with Crippen LogP contribution >= 0.6 is 23.5 Å². The fourth-order valence-corrected chi connectivity index (χ4v) is 4.32. The maximum absolute atomic E-state index is 4.62. The minimum atomic E-state index is 0.439. The van der Waals surface area contributed by atoms with Crippen molar-refractivity contribution >= 4 is 45.6 Å². The Morgan fingerprint density at radius 2 is 1.43 bits per heavy atom. The molecule has 1 atom stereocenters. The monoisotopic (exact) mass is 340 g/mol. The molecule has 2 aromatic carbocycles. The lowest BCUT2D eigenvalue weighted by Crippen LogP contribution is -2.00. The number of nitrogens with zero attached hydrogens (tertiary/aromatic N) is 2. The fraction of sp³-hybridized carbons (Fsp3) is 0.176. The highest BCUT2D eigenvalue weighted by Gasteiger charge is 2.11. The van der Waals surface area contributed by atoms with Crippen molar-refractivity contribution in [2.75, 3.05) is 5.75 Å². The van der Waals surface area contributed by atoms with Gasteiger partial charge < -0.3 is 9.97 Å². The molecular weight excluding hydrogens is 324 g/mol. The van der Waals surface area contributed by atoms with E-state index in [0.717, 1.165) is 38.1 Å². The van der Waals surface area contributed by atoms with E-state index < -0.39 is 0 Å². The molecule has 0 aliphatic carbocycles. The first-order valence-electron chi connectivity index (χ1n) is 7.47. The van der Waals surface area contributed by atoms with Gasteiger partial charge in [0.25, 0.3) is 0 Å². The molecule has 116 valence electrons. The number of H-pyrrole nitrogens is 2. The van der Waals surface area contributed by atoms with Gasteiger partial charge in [-0.3, -0.25) is 0 Å². The third-order valence-corrected chi connectivity index (χ3v) is 5.83. The van der Waals surface area contributed by atoms with Gasteiger partial charge >= 0.3 is 0 Å². The van der Waals surface area contributed by atoms with Gasteiger partial charge in [0, 0.05) is 11.0 Å². The van der Waals surface area contributed by atoms with Crippen LogP contribution in [0.15, 0.2) is 58.8 Å². The number of hydrogen-bond donors (Lipinski definition) is 2. The molecule has 0 aliphatic heterocycles. The maximum atomic E-state index is 4.62. The Hall–Kier alpha value is -1.92. The molecule has 0 radical (unpaired) electrons. The van der Waals surface area contributed by atoms with Crippen LogP contribution in [0.3, 0.4) is 0 Å². The van der Waals surface area contributed by atoms with E-state index in [0.29, 0.717) is 5.25 Å². The van der Waals surface area contributed by atoms with E-state index in [1.54, 1.807) is 23.5 Å². The number of aromatic amines is 2. The first-order chi connectivity index (χ1) is 11.3. The van der Waals surface area contributed by atoms with E-state index in [1.165, 1.54) is 0 Å². The van der Waals surface area contributed by atoms with E-state index >= 15 is 0 Å². The first-order valence-corrected chi connectivity index (χ1v) is 9.33. The van der Waals surface area contributed by atoms with Gasteiger partial charge in [-0.1, -0.05) is 54.7 Å². The molecule has 0 unspecified atom stereocenters. The molecule has 0 amide bonds. The summed E-state index contributed by atoms with van der Waals surface area (Å²) < 4.78 is 0. The Morgan fingerprint density at radius 1 is 0.870 bits per heavy atom. The molecule has 0 fully saturated rings. The van der Waals surface area contributed by atoms with Gasteiger partial charge in [-0.2, -0.15) is 0 Å². The molecule has 4 rings (SSSR count). The summed E-state index contributed by atoms with van der Waals surface area (Å²) in [4.78, 5) is 15.9. The van der Waals surface area contributed by atoms with Crippen molar-refractivity contribution in [3.63, 3.8) is 0 Å². The van der Waals surface area contributed by atoms with E-state index in [4.69, 9.17) is 0 Å². The molecule has 0 saturated carbocycles. The summed E-state index contributed by atoms with van der Waals surface area (Å²) in [6.45, 7) is 2.22. The van der Waals surface area contributed by atoms with Crippen molar-refractivity contribution in [2.45, 2.75) is 22.5 Å². The summed E-state index contributed by atoms with van der Waals surface area (Å²) in [5.41, 5.74) is 4.22. The van der Waals surface area contributed by atoms with Crippen LogP contribution in [0.25, 0.3) is 22.1 Å². The largest absolute Gasteiger partial charge is 0.333 e. The fourth-order valence-electron chi connectivity index (χ4n) is 2.40. The van der Waals surface area contributed by atoms with Crippen LogP contribution in [0.2, 0.25) is 0 Å². The Bertz CT molecular complexity index is 878. The van der Waals surface area contributed by atoms with Gasteiger partial charge in [-0.15, -0.1) is 0 Å². The first kappa shape index (κ1) is 14.7. The minimum Gasteiger partial charge on any atom is -0.333 e. The van der Waals surface area contributed by atoms with Crippen LogP contribution in [-0.2, 0) is 0 Å². The van der Waals surface area contributed by atoms with Gasteiger partial charge in [-0.05, 0) is 24.3 Å². The lowest BCUT2D eigenvalue weighted by Gasteiger charge is -2.06. The average molecular weight is 340 g/mol. The molecule has 0 aliphatic rings. The molecule has 0 spiro atoms. The lowest BCUT2D eigenvalue weighted by atomic mass is 10.3. The number of para-hydroxylation sites is 4. The van der Waals surface area contributed by atoms with Crippen LogP contribution in [0, 0.1) is 0 Å². The van der Waals surface area contributed by atoms with Gasteiger partial charge in [0.1, 0.15) is 0 Å². The average Bonchev–Trinajstić information content (AvgIpc) is 3.15. The molecular formula is C17H16N4S2. The number of nitrogens with one attached hydrogen (secondary N) is 2. The van der Waals surface area contributed by atoms with Gasteiger partial charge in [0.15, 0.2) is 10.3 Å². The van der Waals surface area contributed by atoms with Crippen molar-refractivity contribution < 1.29 is 0 Å². The third-order valence-electron chi connectivity index (χ3n) is 3.50. The summed E-state index contributed by atoms with van der Waals surface area (Å²) in [7, 11) is 0. The molecule has 0 saturated heterocycles. The van der Waals surface area contributed by atoms with E-state index in [-0.39, 0.29) is 0 Å². The van der Waals surface area contributed by atoms with Crippen LogP contribution in [-0.4, -0.2) is 30.9 Å². The summed E-state index contributed by atoms with van der Waals surface area (Å²) in [5.74, 6) is 0.974. The highest BCUT2D eigenvalue weighted by Crippen LogP contribution is 2.28. The van der Waals surface area contributed by atoms with Crippen LogP contribution in [0.4, 0.5) is 0 Å². The second kappa shape index (κ2) is 6.29. The zero-order valence-corrected chi connectivity index (χ0v) is 14.2. The van der Waals surface area contributed by atoms with Crippen LogP contribution in [0.5, 0.6) is 0 Å². The third kappa shape index (κ3) is 3.23. The zero-order chi connectivity index (χ0) is 15.6. The highest BCUT2D eigenvalue weighted by molar-refractivity contribution is 8.03. The van der Waals surface area contributed by atoms with E-state index in [1.807, 2.05) is 36.4 Å². The number of rotatable bonds is 5. The number of imidazole rings is 2. The number of hydrogen-bond acceptors (Lipinski definition) is 4. The summed E-state index contributed by atoms with van der Waals surface area (Å²) in [6.07, 6.45) is 0. The summed E-state index contributed by atoms with van der Waals surface area (Å²) in [5, 5.41) is 2.39. The smallest absolute Gasteiger partial charge is 0.166 e. The number of fused-ring (bicyclic) bond motifs is 2. The van der Waals surface area contributed by atoms with Gasteiger partial charge in [0.05, 0.1) is 22.1 Å². The van der Waals surface area contributed by atoms with Crippen molar-refractivity contribution in [1.29, 1.82) is 0 Å². The Morgan fingerprint density at radius 3 is 2.09 bits per heavy atom. The second-order valence-electron chi connectivity index (χ2n) is 5.36. The molecule has 4 nitrogen and oxygen atoms in total. The van der Waals surface area contributed by atoms with E-state index in [9.17, 15) is 0 Å². The molecule has 0 bridgehead atoms.